The summed E-state index contributed by atoms with van der Waals surface area (Å²) in [7, 11) is 3.71. The van der Waals surface area contributed by atoms with Crippen LogP contribution in [0.25, 0.3) is 5.76 Å². The van der Waals surface area contributed by atoms with Gasteiger partial charge < -0.3 is 19.6 Å². The Morgan fingerprint density at radius 1 is 1.09 bits per heavy atom. The van der Waals surface area contributed by atoms with Crippen LogP contribution in [-0.2, 0) is 14.4 Å². The highest BCUT2D eigenvalue weighted by Gasteiger charge is 2.45. The molecule has 0 radical (unpaired) electrons. The van der Waals surface area contributed by atoms with Crippen molar-refractivity contribution in [2.75, 3.05) is 27.2 Å². The number of amides is 1. The molecule has 1 atom stereocenters. The molecule has 1 heterocycles. The number of carbonyl (C=O) groups is 3. The smallest absolute Gasteiger partial charge is 0.308 e. The Morgan fingerprint density at radius 3 is 2.31 bits per heavy atom. The van der Waals surface area contributed by atoms with E-state index >= 15 is 0 Å². The van der Waals surface area contributed by atoms with Crippen molar-refractivity contribution in [2.24, 2.45) is 0 Å². The number of hydrogen-bond acceptors (Lipinski definition) is 6. The Kier molecular flexibility index (Phi) is 7.23. The van der Waals surface area contributed by atoms with Crippen LogP contribution >= 0.6 is 23.2 Å². The zero-order valence-corrected chi connectivity index (χ0v) is 19.3. The van der Waals surface area contributed by atoms with Crippen LogP contribution in [0.15, 0.2) is 48.0 Å². The third-order valence-electron chi connectivity index (χ3n) is 4.98. The van der Waals surface area contributed by atoms with Crippen LogP contribution in [0.3, 0.4) is 0 Å². The van der Waals surface area contributed by atoms with Gasteiger partial charge in [-0.05, 0) is 50.0 Å². The van der Waals surface area contributed by atoms with Gasteiger partial charge in [0.15, 0.2) is 0 Å². The molecule has 0 aromatic heterocycles. The second kappa shape index (κ2) is 9.73. The lowest BCUT2D eigenvalue weighted by molar-refractivity contribution is -0.140. The van der Waals surface area contributed by atoms with Gasteiger partial charge in [-0.1, -0.05) is 35.3 Å². The molecular formula is C23H22Cl2N2O5. The van der Waals surface area contributed by atoms with E-state index in [0.29, 0.717) is 22.9 Å². The Bertz CT molecular complexity index is 1100. The van der Waals surface area contributed by atoms with Crippen molar-refractivity contribution < 1.29 is 24.2 Å². The number of likely N-dealkylation sites (N-methyl/N-ethyl adjacent to an activating group) is 1. The van der Waals surface area contributed by atoms with Crippen LogP contribution in [0.5, 0.6) is 5.75 Å². The number of esters is 1. The normalized spacial score (nSPS) is 17.8. The predicted octanol–water partition coefficient (Wildman–Crippen LogP) is 3.90. The number of aliphatic hydroxyl groups is 1. The summed E-state index contributed by atoms with van der Waals surface area (Å²) in [5.41, 5.74) is 0.805. The van der Waals surface area contributed by atoms with Gasteiger partial charge in [-0.2, -0.15) is 0 Å². The summed E-state index contributed by atoms with van der Waals surface area (Å²) in [5, 5.41) is 11.5. The fourth-order valence-electron chi connectivity index (χ4n) is 3.45. The van der Waals surface area contributed by atoms with Crippen LogP contribution < -0.4 is 4.74 Å². The van der Waals surface area contributed by atoms with E-state index in [1.54, 1.807) is 24.3 Å². The molecule has 1 aliphatic rings. The van der Waals surface area contributed by atoms with Crippen molar-refractivity contribution in [3.8, 4) is 5.75 Å². The zero-order chi connectivity index (χ0) is 23.6. The fraction of sp³-hybridized carbons (Fsp3) is 0.261. The summed E-state index contributed by atoms with van der Waals surface area (Å²) in [4.78, 5) is 40.4. The maximum absolute atomic E-state index is 13.0. The number of hydrogen-bond donors (Lipinski definition) is 1. The molecule has 0 saturated carbocycles. The first-order valence-electron chi connectivity index (χ1n) is 9.77. The van der Waals surface area contributed by atoms with Crippen LogP contribution in [0, 0.1) is 0 Å². The number of halogens is 2. The van der Waals surface area contributed by atoms with E-state index in [-0.39, 0.29) is 28.5 Å². The van der Waals surface area contributed by atoms with Gasteiger partial charge in [0.25, 0.3) is 11.7 Å². The molecule has 0 spiro atoms. The number of nitrogens with zero attached hydrogens (tertiary/aromatic N) is 2. The molecule has 3 rings (SSSR count). The van der Waals surface area contributed by atoms with Gasteiger partial charge in [-0.15, -0.1) is 0 Å². The van der Waals surface area contributed by atoms with Crippen molar-refractivity contribution in [1.82, 2.24) is 9.80 Å². The molecule has 1 fully saturated rings. The highest BCUT2D eigenvalue weighted by Crippen LogP contribution is 2.40. The molecule has 0 aliphatic carbocycles. The van der Waals surface area contributed by atoms with E-state index in [2.05, 4.69) is 0 Å². The molecule has 1 saturated heterocycles. The molecule has 2 aromatic rings. The minimum absolute atomic E-state index is 0.0487. The van der Waals surface area contributed by atoms with Crippen molar-refractivity contribution in [3.05, 3.63) is 69.2 Å². The van der Waals surface area contributed by atoms with Gasteiger partial charge in [0.2, 0.25) is 0 Å². The van der Waals surface area contributed by atoms with Gasteiger partial charge in [0.1, 0.15) is 11.5 Å². The van der Waals surface area contributed by atoms with E-state index in [1.807, 2.05) is 19.0 Å². The van der Waals surface area contributed by atoms with E-state index in [9.17, 15) is 19.5 Å². The van der Waals surface area contributed by atoms with Crippen LogP contribution in [0.1, 0.15) is 24.1 Å². The third-order valence-corrected chi connectivity index (χ3v) is 5.72. The molecule has 1 aliphatic heterocycles. The highest BCUT2D eigenvalue weighted by atomic mass is 35.5. The predicted molar refractivity (Wildman–Crippen MR) is 122 cm³/mol. The summed E-state index contributed by atoms with van der Waals surface area (Å²) in [6.07, 6.45) is 0. The van der Waals surface area contributed by atoms with Gasteiger partial charge in [-0.3, -0.25) is 14.4 Å². The Labute approximate surface area is 195 Å². The van der Waals surface area contributed by atoms with E-state index in [0.717, 1.165) is 0 Å². The van der Waals surface area contributed by atoms with E-state index in [4.69, 9.17) is 27.9 Å². The Morgan fingerprint density at radius 2 is 1.75 bits per heavy atom. The summed E-state index contributed by atoms with van der Waals surface area (Å²) in [6.45, 7) is 2.08. The summed E-state index contributed by atoms with van der Waals surface area (Å²) in [5.74, 6) is -1.97. The zero-order valence-electron chi connectivity index (χ0n) is 17.8. The molecule has 1 N–H and O–H groups in total. The number of Topliss-reactive ketones (excluding diaryl/α,β-unsaturated/α-hetero) is 1. The third kappa shape index (κ3) is 4.96. The number of ketones is 1. The van der Waals surface area contributed by atoms with Crippen molar-refractivity contribution in [2.45, 2.75) is 13.0 Å². The minimum Gasteiger partial charge on any atom is -0.507 e. The highest BCUT2D eigenvalue weighted by molar-refractivity contribution is 6.46. The maximum Gasteiger partial charge on any atom is 0.308 e. The summed E-state index contributed by atoms with van der Waals surface area (Å²) in [6, 6.07) is 10.1. The van der Waals surface area contributed by atoms with Crippen molar-refractivity contribution in [3.63, 3.8) is 0 Å². The lowest BCUT2D eigenvalue weighted by Crippen LogP contribution is -2.35. The van der Waals surface area contributed by atoms with E-state index < -0.39 is 23.7 Å². The Hall–Kier alpha value is -2.87. The molecule has 0 bridgehead atoms. The first kappa shape index (κ1) is 23.8. The fourth-order valence-corrected chi connectivity index (χ4v) is 3.75. The summed E-state index contributed by atoms with van der Waals surface area (Å²) < 4.78 is 5.07. The number of benzene rings is 2. The molecule has 32 heavy (non-hydrogen) atoms. The Balaban J connectivity index is 2.12. The largest absolute Gasteiger partial charge is 0.507 e. The number of aliphatic hydroxyl groups excluding tert-OH is 1. The second-order valence-electron chi connectivity index (χ2n) is 7.59. The number of likely N-dealkylation sites (tertiary alicyclic amines) is 1. The van der Waals surface area contributed by atoms with Gasteiger partial charge >= 0.3 is 5.97 Å². The van der Waals surface area contributed by atoms with Gasteiger partial charge in [0.05, 0.1) is 21.7 Å². The molecule has 9 heteroatoms. The SMILES string of the molecule is CC(=O)Oc1ccc(C2/C(=C(/O)c3ccc(Cl)c(Cl)c3)C(=O)C(=O)N2CCN(C)C)cc1. The molecule has 168 valence electrons. The number of ether oxygens (including phenoxy) is 1. The lowest BCUT2D eigenvalue weighted by Gasteiger charge is -2.26. The van der Waals surface area contributed by atoms with Crippen LogP contribution in [-0.4, -0.2) is 59.8 Å². The first-order valence-corrected chi connectivity index (χ1v) is 10.5. The van der Waals surface area contributed by atoms with Crippen molar-refractivity contribution >= 4 is 46.6 Å². The van der Waals surface area contributed by atoms with Crippen LogP contribution in [0.2, 0.25) is 10.0 Å². The monoisotopic (exact) mass is 476 g/mol. The molecule has 2 aromatic carbocycles. The lowest BCUT2D eigenvalue weighted by atomic mass is 9.95. The molecule has 1 unspecified atom stereocenters. The quantitative estimate of drug-likeness (QED) is 0.223. The van der Waals surface area contributed by atoms with Gasteiger partial charge in [0, 0.05) is 25.6 Å². The average molecular weight is 477 g/mol. The number of rotatable bonds is 6. The molecule has 7 nitrogen and oxygen atoms in total. The van der Waals surface area contributed by atoms with E-state index in [1.165, 1.54) is 30.0 Å². The maximum atomic E-state index is 13.0. The number of carbonyl (C=O) groups excluding carboxylic acids is 3. The minimum atomic E-state index is -0.823. The topological polar surface area (TPSA) is 87.1 Å². The van der Waals surface area contributed by atoms with Crippen LogP contribution in [0.4, 0.5) is 0 Å². The molecular weight excluding hydrogens is 455 g/mol. The second-order valence-corrected chi connectivity index (χ2v) is 8.40. The first-order chi connectivity index (χ1) is 15.1. The molecule has 1 amide bonds. The van der Waals surface area contributed by atoms with Crippen molar-refractivity contribution in [1.29, 1.82) is 0 Å². The standard InChI is InChI=1S/C23H22Cl2N2O5/c1-13(28)32-16-7-4-14(5-8-16)20-19(21(29)15-6-9-17(24)18(25)12-15)22(30)23(31)27(20)11-10-26(2)3/h4-9,12,20,29H,10-11H2,1-3H3/b21-19-. The van der Waals surface area contributed by atoms with Gasteiger partial charge in [-0.25, -0.2) is 0 Å². The average Bonchev–Trinajstić information content (AvgIpc) is 2.98. The summed E-state index contributed by atoms with van der Waals surface area (Å²) >= 11 is 12.0.